The van der Waals surface area contributed by atoms with E-state index in [-0.39, 0.29) is 6.04 Å². The molecule has 0 bridgehead atoms. The molecule has 3 nitrogen and oxygen atoms in total. The number of benzene rings is 1. The summed E-state index contributed by atoms with van der Waals surface area (Å²) in [6.45, 7) is 2.96. The summed E-state index contributed by atoms with van der Waals surface area (Å²) in [6, 6.07) is 8.17. The molecular weight excluding hydrogens is 358 g/mol. The molecule has 1 unspecified atom stereocenters. The first-order valence-corrected chi connectivity index (χ1v) is 8.58. The van der Waals surface area contributed by atoms with E-state index in [1.165, 1.54) is 10.6 Å². The van der Waals surface area contributed by atoms with Crippen LogP contribution in [0, 0.1) is 0 Å². The summed E-state index contributed by atoms with van der Waals surface area (Å²) in [5.41, 5.74) is 1.18. The Bertz CT molecular complexity index is 573. The Hall–Kier alpha value is -0.490. The van der Waals surface area contributed by atoms with Crippen LogP contribution in [0.1, 0.15) is 18.7 Å². The van der Waals surface area contributed by atoms with Gasteiger partial charge < -0.3 is 5.32 Å². The standard InChI is InChI=1S/C14H17BrClN3S/c1-3-19-14(12(15)8-18-19)13(17-2)9-20-11-6-4-5-10(16)7-11/h4-8,13,17H,3,9H2,1-2H3. The van der Waals surface area contributed by atoms with Crippen LogP contribution < -0.4 is 5.32 Å². The molecule has 2 rings (SSSR count). The molecule has 0 radical (unpaired) electrons. The number of aromatic nitrogens is 2. The van der Waals surface area contributed by atoms with E-state index < -0.39 is 0 Å². The number of halogens is 2. The van der Waals surface area contributed by atoms with Gasteiger partial charge >= 0.3 is 0 Å². The van der Waals surface area contributed by atoms with E-state index in [9.17, 15) is 0 Å². The molecule has 0 saturated carbocycles. The van der Waals surface area contributed by atoms with Gasteiger partial charge in [-0.05, 0) is 48.1 Å². The van der Waals surface area contributed by atoms with Crippen molar-refractivity contribution in [2.75, 3.05) is 12.8 Å². The van der Waals surface area contributed by atoms with E-state index in [4.69, 9.17) is 11.6 Å². The normalized spacial score (nSPS) is 12.6. The van der Waals surface area contributed by atoms with E-state index in [2.05, 4.69) is 39.3 Å². The summed E-state index contributed by atoms with van der Waals surface area (Å²) in [5, 5.41) is 8.51. The van der Waals surface area contributed by atoms with Crippen molar-refractivity contribution in [3.63, 3.8) is 0 Å². The van der Waals surface area contributed by atoms with Gasteiger partial charge in [0.25, 0.3) is 0 Å². The van der Waals surface area contributed by atoms with Gasteiger partial charge in [0.1, 0.15) is 0 Å². The Kier molecular flexibility index (Phi) is 5.96. The number of nitrogens with one attached hydrogen (secondary N) is 1. The van der Waals surface area contributed by atoms with Crippen molar-refractivity contribution in [1.82, 2.24) is 15.1 Å². The Morgan fingerprint density at radius 3 is 2.95 bits per heavy atom. The van der Waals surface area contributed by atoms with Gasteiger partial charge in [0.2, 0.25) is 0 Å². The summed E-state index contributed by atoms with van der Waals surface area (Å²) in [6.07, 6.45) is 1.85. The highest BCUT2D eigenvalue weighted by Crippen LogP contribution is 2.29. The molecule has 0 aliphatic carbocycles. The highest BCUT2D eigenvalue weighted by atomic mass is 79.9. The van der Waals surface area contributed by atoms with Crippen LogP contribution in [0.15, 0.2) is 39.8 Å². The van der Waals surface area contributed by atoms with Crippen LogP contribution in [0.25, 0.3) is 0 Å². The molecule has 0 fully saturated rings. The zero-order valence-corrected chi connectivity index (χ0v) is 14.6. The van der Waals surface area contributed by atoms with Gasteiger partial charge in [-0.25, -0.2) is 0 Å². The summed E-state index contributed by atoms with van der Waals surface area (Å²) in [5.74, 6) is 0.918. The number of hydrogen-bond donors (Lipinski definition) is 1. The number of nitrogens with zero attached hydrogens (tertiary/aromatic N) is 2. The number of rotatable bonds is 6. The third-order valence-electron chi connectivity index (χ3n) is 3.02. The van der Waals surface area contributed by atoms with Gasteiger partial charge in [-0.3, -0.25) is 4.68 Å². The van der Waals surface area contributed by atoms with Crippen LogP contribution in [0.3, 0.4) is 0 Å². The lowest BCUT2D eigenvalue weighted by Crippen LogP contribution is -2.22. The molecule has 1 atom stereocenters. The molecule has 108 valence electrons. The zero-order valence-electron chi connectivity index (χ0n) is 11.4. The van der Waals surface area contributed by atoms with E-state index in [0.717, 1.165) is 21.8 Å². The monoisotopic (exact) mass is 373 g/mol. The van der Waals surface area contributed by atoms with E-state index in [1.807, 2.05) is 36.1 Å². The molecule has 0 amide bonds. The lowest BCUT2D eigenvalue weighted by molar-refractivity contribution is 0.547. The predicted molar refractivity (Wildman–Crippen MR) is 89.6 cm³/mol. The first-order chi connectivity index (χ1) is 9.65. The molecule has 0 spiro atoms. The molecule has 6 heteroatoms. The Morgan fingerprint density at radius 2 is 2.30 bits per heavy atom. The van der Waals surface area contributed by atoms with Crippen molar-refractivity contribution in [2.24, 2.45) is 0 Å². The highest BCUT2D eigenvalue weighted by Gasteiger charge is 2.18. The van der Waals surface area contributed by atoms with Gasteiger partial charge in [-0.15, -0.1) is 11.8 Å². The first kappa shape index (κ1) is 15.9. The maximum absolute atomic E-state index is 6.02. The fourth-order valence-electron chi connectivity index (χ4n) is 2.01. The van der Waals surface area contributed by atoms with E-state index in [1.54, 1.807) is 11.8 Å². The third kappa shape index (κ3) is 3.79. The van der Waals surface area contributed by atoms with Crippen LogP contribution in [0.2, 0.25) is 5.02 Å². The fraction of sp³-hybridized carbons (Fsp3) is 0.357. The molecule has 1 heterocycles. The summed E-state index contributed by atoms with van der Waals surface area (Å²) in [7, 11) is 1.97. The fourth-order valence-corrected chi connectivity index (χ4v) is 3.90. The molecule has 0 aliphatic rings. The maximum Gasteiger partial charge on any atom is 0.0704 e. The lowest BCUT2D eigenvalue weighted by Gasteiger charge is -2.18. The van der Waals surface area contributed by atoms with Gasteiger partial charge in [-0.1, -0.05) is 17.7 Å². The number of aryl methyl sites for hydroxylation is 1. The van der Waals surface area contributed by atoms with E-state index >= 15 is 0 Å². The van der Waals surface area contributed by atoms with Crippen molar-refractivity contribution in [1.29, 1.82) is 0 Å². The molecule has 1 aromatic carbocycles. The highest BCUT2D eigenvalue weighted by molar-refractivity contribution is 9.10. The molecular formula is C14H17BrClN3S. The van der Waals surface area contributed by atoms with Crippen molar-refractivity contribution in [3.8, 4) is 0 Å². The minimum atomic E-state index is 0.232. The first-order valence-electron chi connectivity index (χ1n) is 6.42. The number of hydrogen-bond acceptors (Lipinski definition) is 3. The zero-order chi connectivity index (χ0) is 14.5. The lowest BCUT2D eigenvalue weighted by atomic mass is 10.2. The average molecular weight is 375 g/mol. The predicted octanol–water partition coefficient (Wildman–Crippen LogP) is 4.37. The Labute approximate surface area is 137 Å². The minimum Gasteiger partial charge on any atom is -0.311 e. The van der Waals surface area contributed by atoms with Crippen LogP contribution in [-0.4, -0.2) is 22.6 Å². The quantitative estimate of drug-likeness (QED) is 0.761. The van der Waals surface area contributed by atoms with Crippen LogP contribution in [-0.2, 0) is 6.54 Å². The average Bonchev–Trinajstić information content (AvgIpc) is 2.81. The molecule has 0 saturated heterocycles. The topological polar surface area (TPSA) is 29.9 Å². The summed E-state index contributed by atoms with van der Waals surface area (Å²) < 4.78 is 3.06. The minimum absolute atomic E-state index is 0.232. The van der Waals surface area contributed by atoms with Crippen molar-refractivity contribution < 1.29 is 0 Å². The van der Waals surface area contributed by atoms with Crippen LogP contribution >= 0.6 is 39.3 Å². The van der Waals surface area contributed by atoms with Crippen molar-refractivity contribution in [2.45, 2.75) is 24.4 Å². The van der Waals surface area contributed by atoms with Gasteiger partial charge in [-0.2, -0.15) is 5.10 Å². The maximum atomic E-state index is 6.02. The molecule has 0 aliphatic heterocycles. The third-order valence-corrected chi connectivity index (χ3v) is 4.96. The largest absolute Gasteiger partial charge is 0.311 e. The van der Waals surface area contributed by atoms with Crippen molar-refractivity contribution in [3.05, 3.63) is 45.7 Å². The van der Waals surface area contributed by atoms with Crippen molar-refractivity contribution >= 4 is 39.3 Å². The van der Waals surface area contributed by atoms with Crippen LogP contribution in [0.5, 0.6) is 0 Å². The summed E-state index contributed by atoms with van der Waals surface area (Å²) >= 11 is 11.4. The Balaban J connectivity index is 2.11. The molecule has 1 N–H and O–H groups in total. The second-order valence-electron chi connectivity index (χ2n) is 4.30. The molecule has 20 heavy (non-hydrogen) atoms. The second-order valence-corrected chi connectivity index (χ2v) is 6.69. The smallest absolute Gasteiger partial charge is 0.0704 e. The van der Waals surface area contributed by atoms with Gasteiger partial charge in [0.15, 0.2) is 0 Å². The summed E-state index contributed by atoms with van der Waals surface area (Å²) in [4.78, 5) is 1.18. The van der Waals surface area contributed by atoms with Gasteiger partial charge in [0.05, 0.1) is 22.4 Å². The number of thioether (sulfide) groups is 1. The molecule has 2 aromatic rings. The Morgan fingerprint density at radius 1 is 1.50 bits per heavy atom. The second kappa shape index (κ2) is 7.50. The SMILES string of the molecule is CCn1ncc(Br)c1C(CSc1cccc(Cl)c1)NC. The van der Waals surface area contributed by atoms with E-state index in [0.29, 0.717) is 0 Å². The van der Waals surface area contributed by atoms with Gasteiger partial charge in [0, 0.05) is 22.2 Å². The molecule has 1 aromatic heterocycles. The van der Waals surface area contributed by atoms with Crippen LogP contribution in [0.4, 0.5) is 0 Å².